The fourth-order valence-electron chi connectivity index (χ4n) is 4.40. The molecule has 2 aliphatic rings. The fourth-order valence-corrected chi connectivity index (χ4v) is 4.40. The summed E-state index contributed by atoms with van der Waals surface area (Å²) in [6, 6.07) is 27.4. The number of hydrogen-bond acceptors (Lipinski definition) is 4. The Kier molecular flexibility index (Phi) is 3.38. The lowest BCUT2D eigenvalue weighted by molar-refractivity contribution is 0.659. The third kappa shape index (κ3) is 2.27. The minimum atomic E-state index is 0.0431. The summed E-state index contributed by atoms with van der Waals surface area (Å²) in [4.78, 5) is 2.35. The highest BCUT2D eigenvalue weighted by Crippen LogP contribution is 2.48. The average molecular weight is 377 g/mol. The number of nitrogens with zero attached hydrogens (tertiary/aromatic N) is 4. The Morgan fingerprint density at radius 2 is 1.52 bits per heavy atom. The number of aromatic nitrogens is 3. The first-order valence-corrected chi connectivity index (χ1v) is 9.74. The van der Waals surface area contributed by atoms with E-state index in [0.29, 0.717) is 0 Å². The first kappa shape index (κ1) is 16.1. The molecule has 5 nitrogen and oxygen atoms in total. The summed E-state index contributed by atoms with van der Waals surface area (Å²) in [6.07, 6.45) is 2.12. The smallest absolute Gasteiger partial charge is 0.169 e. The fraction of sp³-hybridized carbons (Fsp3) is 0.0833. The molecule has 0 bridgehead atoms. The number of aryl methyl sites for hydroxylation is 1. The number of hydrogen-bond donors (Lipinski definition) is 1. The molecule has 0 spiro atoms. The molecular weight excluding hydrogens is 358 g/mol. The average Bonchev–Trinajstić information content (AvgIpc) is 3.38. The van der Waals surface area contributed by atoms with Gasteiger partial charge in [-0.1, -0.05) is 72.8 Å². The second-order valence-corrected chi connectivity index (χ2v) is 7.32. The topological polar surface area (TPSA) is 46.0 Å². The molecule has 6 rings (SSSR count). The number of benzene rings is 3. The molecule has 0 saturated heterocycles. The van der Waals surface area contributed by atoms with E-state index in [2.05, 4.69) is 91.8 Å². The van der Waals surface area contributed by atoms with E-state index in [1.54, 1.807) is 0 Å². The van der Waals surface area contributed by atoms with Crippen molar-refractivity contribution in [2.75, 3.05) is 4.90 Å². The SMILES string of the molecule is Cc1nnc(-c2ccccc2)n1C1=CNC2c3ccccc3-c3ccccc3N12. The van der Waals surface area contributed by atoms with Crippen molar-refractivity contribution >= 4 is 11.5 Å². The molecule has 0 amide bonds. The normalized spacial score (nSPS) is 16.5. The summed E-state index contributed by atoms with van der Waals surface area (Å²) in [6.45, 7) is 2.00. The Labute approximate surface area is 168 Å². The van der Waals surface area contributed by atoms with Crippen molar-refractivity contribution in [2.24, 2.45) is 0 Å². The van der Waals surface area contributed by atoms with Gasteiger partial charge in [-0.2, -0.15) is 0 Å². The molecule has 29 heavy (non-hydrogen) atoms. The van der Waals surface area contributed by atoms with Crippen molar-refractivity contribution in [1.82, 2.24) is 20.1 Å². The van der Waals surface area contributed by atoms with Gasteiger partial charge in [-0.15, -0.1) is 10.2 Å². The Balaban J connectivity index is 1.55. The van der Waals surface area contributed by atoms with Gasteiger partial charge in [0.25, 0.3) is 0 Å². The summed E-state index contributed by atoms with van der Waals surface area (Å²) in [5, 5.41) is 12.5. The molecule has 3 aromatic carbocycles. The van der Waals surface area contributed by atoms with Gasteiger partial charge >= 0.3 is 0 Å². The number of para-hydroxylation sites is 1. The van der Waals surface area contributed by atoms with Crippen LogP contribution >= 0.6 is 0 Å². The van der Waals surface area contributed by atoms with Gasteiger partial charge in [-0.25, -0.2) is 0 Å². The maximum absolute atomic E-state index is 4.49. The molecule has 1 unspecified atom stereocenters. The van der Waals surface area contributed by atoms with Gasteiger partial charge in [0.05, 0.1) is 5.69 Å². The lowest BCUT2D eigenvalue weighted by atomic mass is 9.92. The van der Waals surface area contributed by atoms with Gasteiger partial charge in [0, 0.05) is 22.9 Å². The molecule has 140 valence electrons. The number of rotatable bonds is 2. The second kappa shape index (κ2) is 6.07. The minimum absolute atomic E-state index is 0.0431. The maximum Gasteiger partial charge on any atom is 0.169 e. The zero-order valence-corrected chi connectivity index (χ0v) is 15.9. The van der Waals surface area contributed by atoms with Gasteiger partial charge in [0.2, 0.25) is 0 Å². The van der Waals surface area contributed by atoms with Gasteiger partial charge < -0.3 is 10.2 Å². The zero-order valence-electron chi connectivity index (χ0n) is 15.9. The van der Waals surface area contributed by atoms with E-state index in [0.717, 1.165) is 23.0 Å². The van der Waals surface area contributed by atoms with E-state index in [9.17, 15) is 0 Å². The van der Waals surface area contributed by atoms with Crippen LogP contribution in [-0.2, 0) is 0 Å². The van der Waals surface area contributed by atoms with Crippen LogP contribution in [0, 0.1) is 6.92 Å². The zero-order chi connectivity index (χ0) is 19.4. The van der Waals surface area contributed by atoms with E-state index < -0.39 is 0 Å². The monoisotopic (exact) mass is 377 g/mol. The molecule has 1 atom stereocenters. The van der Waals surface area contributed by atoms with Crippen LogP contribution in [0.4, 0.5) is 5.69 Å². The Hall–Kier alpha value is -3.86. The van der Waals surface area contributed by atoms with Crippen LogP contribution in [0.25, 0.3) is 28.3 Å². The summed E-state index contributed by atoms with van der Waals surface area (Å²) >= 11 is 0. The predicted molar refractivity (Wildman–Crippen MR) is 115 cm³/mol. The summed E-state index contributed by atoms with van der Waals surface area (Å²) in [5.41, 5.74) is 6.00. The minimum Gasteiger partial charge on any atom is -0.364 e. The summed E-state index contributed by atoms with van der Waals surface area (Å²) in [7, 11) is 0. The third-order valence-electron chi connectivity index (χ3n) is 5.67. The van der Waals surface area contributed by atoms with Crippen LogP contribution in [0.3, 0.4) is 0 Å². The van der Waals surface area contributed by atoms with Crippen LogP contribution in [0.5, 0.6) is 0 Å². The molecule has 0 radical (unpaired) electrons. The highest BCUT2D eigenvalue weighted by molar-refractivity contribution is 5.91. The van der Waals surface area contributed by atoms with E-state index in [4.69, 9.17) is 0 Å². The van der Waals surface area contributed by atoms with E-state index >= 15 is 0 Å². The standard InChI is InChI=1S/C24H19N5/c1-16-26-27-23(17-9-3-2-4-10-17)28(16)22-15-25-24-20-13-6-5-11-18(20)19-12-7-8-14-21(19)29(22)24/h2-15,24-25H,1H3. The molecule has 0 saturated carbocycles. The first-order valence-electron chi connectivity index (χ1n) is 9.74. The van der Waals surface area contributed by atoms with Crippen LogP contribution in [-0.4, -0.2) is 14.8 Å². The molecule has 1 N–H and O–H groups in total. The van der Waals surface area contributed by atoms with Crippen molar-refractivity contribution in [3.63, 3.8) is 0 Å². The molecule has 0 aliphatic carbocycles. The van der Waals surface area contributed by atoms with Crippen LogP contribution in [0.15, 0.2) is 85.1 Å². The van der Waals surface area contributed by atoms with Crippen molar-refractivity contribution < 1.29 is 0 Å². The van der Waals surface area contributed by atoms with Crippen molar-refractivity contribution in [2.45, 2.75) is 13.1 Å². The van der Waals surface area contributed by atoms with Crippen molar-refractivity contribution in [3.8, 4) is 22.5 Å². The van der Waals surface area contributed by atoms with Crippen molar-refractivity contribution in [1.29, 1.82) is 0 Å². The lowest BCUT2D eigenvalue weighted by Crippen LogP contribution is -2.33. The molecule has 4 aromatic rings. The third-order valence-corrected chi connectivity index (χ3v) is 5.67. The Morgan fingerprint density at radius 3 is 2.38 bits per heavy atom. The van der Waals surface area contributed by atoms with E-state index in [1.165, 1.54) is 22.4 Å². The highest BCUT2D eigenvalue weighted by Gasteiger charge is 2.37. The quantitative estimate of drug-likeness (QED) is 0.545. The lowest BCUT2D eigenvalue weighted by Gasteiger charge is -2.37. The van der Waals surface area contributed by atoms with E-state index in [1.807, 2.05) is 25.1 Å². The van der Waals surface area contributed by atoms with Gasteiger partial charge in [-0.05, 0) is 18.6 Å². The van der Waals surface area contributed by atoms with Crippen LogP contribution < -0.4 is 10.2 Å². The van der Waals surface area contributed by atoms with Gasteiger partial charge in [0.1, 0.15) is 17.8 Å². The van der Waals surface area contributed by atoms with E-state index in [-0.39, 0.29) is 6.17 Å². The Morgan fingerprint density at radius 1 is 0.793 bits per heavy atom. The predicted octanol–water partition coefficient (Wildman–Crippen LogP) is 4.80. The molecule has 0 fully saturated rings. The van der Waals surface area contributed by atoms with Crippen molar-refractivity contribution in [3.05, 3.63) is 96.5 Å². The summed E-state index contributed by atoms with van der Waals surface area (Å²) in [5.74, 6) is 2.72. The Bertz CT molecular complexity index is 1260. The molecule has 3 heterocycles. The van der Waals surface area contributed by atoms with Gasteiger partial charge in [0.15, 0.2) is 5.82 Å². The second-order valence-electron chi connectivity index (χ2n) is 7.32. The summed E-state index contributed by atoms with van der Waals surface area (Å²) < 4.78 is 2.13. The highest BCUT2D eigenvalue weighted by atomic mass is 15.4. The van der Waals surface area contributed by atoms with Crippen LogP contribution in [0.2, 0.25) is 0 Å². The largest absolute Gasteiger partial charge is 0.364 e. The number of fused-ring (bicyclic) bond motifs is 6. The first-order chi connectivity index (χ1) is 14.3. The molecule has 5 heteroatoms. The van der Waals surface area contributed by atoms with Gasteiger partial charge in [-0.3, -0.25) is 4.57 Å². The van der Waals surface area contributed by atoms with Crippen LogP contribution in [0.1, 0.15) is 17.6 Å². The molecule has 2 aliphatic heterocycles. The molecular formula is C24H19N5. The maximum atomic E-state index is 4.49. The number of nitrogens with one attached hydrogen (secondary N) is 1. The molecule has 1 aromatic heterocycles. The number of anilines is 1.